The summed E-state index contributed by atoms with van der Waals surface area (Å²) in [5.41, 5.74) is 0.892. The molecule has 50 heavy (non-hydrogen) atoms. The molecule has 6 aromatic carbocycles. The van der Waals surface area contributed by atoms with E-state index in [0.29, 0.717) is 33.5 Å². The number of hydrogen-bond donors (Lipinski definition) is 0. The van der Waals surface area contributed by atoms with Crippen LogP contribution in [0.1, 0.15) is 29.0 Å². The minimum absolute atomic E-state index is 0.0386. The number of thiophene rings is 1. The van der Waals surface area contributed by atoms with E-state index in [4.69, 9.17) is 0 Å². The monoisotopic (exact) mass is 686 g/mol. The van der Waals surface area contributed by atoms with Crippen LogP contribution in [0.2, 0.25) is 0 Å². The van der Waals surface area contributed by atoms with E-state index in [1.807, 2.05) is 24.3 Å². The zero-order chi connectivity index (χ0) is 34.4. The molecule has 2 aliphatic rings. The maximum absolute atomic E-state index is 14.8. The molecular weight excluding hydrogens is 663 g/mol. The molecule has 0 saturated heterocycles. The number of halogens is 6. The van der Waals surface area contributed by atoms with Gasteiger partial charge in [0.2, 0.25) is 0 Å². The van der Waals surface area contributed by atoms with Gasteiger partial charge in [-0.1, -0.05) is 115 Å². The molecule has 0 aliphatic heterocycles. The first kappa shape index (κ1) is 30.7. The Hall–Kier alpha value is -5.32. The van der Waals surface area contributed by atoms with Crippen LogP contribution >= 0.6 is 11.3 Å². The fourth-order valence-electron chi connectivity index (χ4n) is 8.04. The maximum Gasteiger partial charge on any atom is 0.418 e. The zero-order valence-electron chi connectivity index (χ0n) is 26.1. The Bertz CT molecular complexity index is 2730. The quantitative estimate of drug-likeness (QED) is 0.159. The minimum atomic E-state index is -4.61. The third-order valence-corrected chi connectivity index (χ3v) is 11.2. The number of alkyl halides is 6. The molecule has 0 saturated carbocycles. The van der Waals surface area contributed by atoms with Crippen molar-refractivity contribution in [2.45, 2.75) is 24.7 Å². The van der Waals surface area contributed by atoms with Crippen LogP contribution in [0, 0.1) is 18.1 Å². The summed E-state index contributed by atoms with van der Waals surface area (Å²) in [5, 5.41) is 3.52. The van der Waals surface area contributed by atoms with E-state index >= 15 is 0 Å². The topological polar surface area (TPSA) is 0 Å². The molecule has 1 aromatic heterocycles. The molecule has 9 rings (SSSR count). The summed E-state index contributed by atoms with van der Waals surface area (Å²) in [4.78, 5) is 0. The summed E-state index contributed by atoms with van der Waals surface area (Å²) in [6.45, 7) is 0. The van der Waals surface area contributed by atoms with Crippen LogP contribution in [-0.2, 0) is 6.18 Å². The second kappa shape index (κ2) is 11.1. The number of hydrogen-bond acceptors (Lipinski definition) is 1. The first-order valence-corrected chi connectivity index (χ1v) is 17.0. The van der Waals surface area contributed by atoms with E-state index in [-0.39, 0.29) is 33.4 Å². The molecule has 0 bridgehead atoms. The molecule has 0 N–H and O–H groups in total. The summed E-state index contributed by atoms with van der Waals surface area (Å²) in [5.74, 6) is -0.546. The highest BCUT2D eigenvalue weighted by Crippen LogP contribution is 2.46. The fraction of sp³-hybridized carbons (Fsp3) is 0.116. The van der Waals surface area contributed by atoms with Crippen LogP contribution in [0.3, 0.4) is 0 Å². The van der Waals surface area contributed by atoms with Gasteiger partial charge in [-0.2, -0.15) is 26.3 Å². The van der Waals surface area contributed by atoms with Gasteiger partial charge in [0.25, 0.3) is 0 Å². The van der Waals surface area contributed by atoms with Crippen molar-refractivity contribution in [2.75, 3.05) is 0 Å². The van der Waals surface area contributed by atoms with Crippen molar-refractivity contribution in [3.05, 3.63) is 152 Å². The fourth-order valence-corrected chi connectivity index (χ4v) is 9.21. The Kier molecular flexibility index (Phi) is 6.82. The summed E-state index contributed by atoms with van der Waals surface area (Å²) < 4.78 is 90.2. The molecule has 0 amide bonds. The highest BCUT2D eigenvalue weighted by atomic mass is 32.1. The summed E-state index contributed by atoms with van der Waals surface area (Å²) >= 11 is 1.61. The van der Waals surface area contributed by atoms with Gasteiger partial charge in [0.15, 0.2) is 0 Å². The van der Waals surface area contributed by atoms with Gasteiger partial charge in [-0.05, 0) is 84.6 Å². The lowest BCUT2D eigenvalue weighted by atomic mass is 9.79. The number of benzene rings is 5. The van der Waals surface area contributed by atoms with E-state index in [9.17, 15) is 26.3 Å². The van der Waals surface area contributed by atoms with E-state index < -0.39 is 23.5 Å². The van der Waals surface area contributed by atoms with Gasteiger partial charge in [0, 0.05) is 25.9 Å². The van der Waals surface area contributed by atoms with E-state index in [1.54, 1.807) is 84.1 Å². The zero-order valence-corrected chi connectivity index (χ0v) is 26.9. The molecule has 2 atom stereocenters. The maximum atomic E-state index is 14.8. The SMILES string of the molecule is FC(F)(F)C1=c2ccccc2=CC(C2C=c3c(sc4cccc(-c5c6ccc#cc6c(C(F)(F)F)c6ccccc56)c34)=CC2)c2ccccc21. The van der Waals surface area contributed by atoms with Crippen molar-refractivity contribution in [3.8, 4) is 11.1 Å². The third-order valence-electron chi connectivity index (χ3n) is 10.00. The van der Waals surface area contributed by atoms with Gasteiger partial charge in [0.05, 0.1) is 11.1 Å². The molecule has 7 aromatic rings. The molecule has 2 unspecified atom stereocenters. The van der Waals surface area contributed by atoms with Crippen molar-refractivity contribution < 1.29 is 26.3 Å². The van der Waals surface area contributed by atoms with Crippen molar-refractivity contribution in [2.24, 2.45) is 5.92 Å². The third kappa shape index (κ3) is 4.69. The van der Waals surface area contributed by atoms with Crippen molar-refractivity contribution >= 4 is 66.8 Å². The van der Waals surface area contributed by atoms with E-state index in [0.717, 1.165) is 25.4 Å². The predicted octanol–water partition coefficient (Wildman–Crippen LogP) is 9.41. The van der Waals surface area contributed by atoms with Crippen LogP contribution in [0.5, 0.6) is 0 Å². The highest BCUT2D eigenvalue weighted by molar-refractivity contribution is 7.17. The molecule has 2 aliphatic carbocycles. The van der Waals surface area contributed by atoms with Gasteiger partial charge in [-0.3, -0.25) is 0 Å². The van der Waals surface area contributed by atoms with Crippen LogP contribution < -0.4 is 20.2 Å². The van der Waals surface area contributed by atoms with Crippen molar-refractivity contribution in [3.63, 3.8) is 0 Å². The van der Waals surface area contributed by atoms with Gasteiger partial charge < -0.3 is 0 Å². The van der Waals surface area contributed by atoms with Crippen molar-refractivity contribution in [1.82, 2.24) is 0 Å². The standard InChI is InChI=1S/C43H24F6S/c44-42(45,46)40-26-11-2-1-10-24(26)22-34(27-12-3-6-15-30(27)40)25-20-21-36-35(23-25)39-33(18-9-19-37(39)50-36)38-28-13-4-7-16-31(28)41(43(47,48)49)32-17-8-5-14-29(32)38/h1-7,9-16,18-19,21-23,25,34H,20H2. The molecule has 244 valence electrons. The van der Waals surface area contributed by atoms with Crippen molar-refractivity contribution in [1.29, 1.82) is 0 Å². The van der Waals surface area contributed by atoms with Gasteiger partial charge in [-0.25, -0.2) is 0 Å². The van der Waals surface area contributed by atoms with Gasteiger partial charge in [-0.15, -0.1) is 11.3 Å². The van der Waals surface area contributed by atoms with Gasteiger partial charge in [0.1, 0.15) is 0 Å². The smallest absolute Gasteiger partial charge is 0.166 e. The van der Waals surface area contributed by atoms with Crippen LogP contribution in [0.25, 0.3) is 66.6 Å². The Morgan fingerprint density at radius 3 is 2.24 bits per heavy atom. The average molecular weight is 687 g/mol. The minimum Gasteiger partial charge on any atom is -0.166 e. The first-order chi connectivity index (χ1) is 24.1. The largest absolute Gasteiger partial charge is 0.418 e. The molecule has 0 spiro atoms. The molecule has 7 heteroatoms. The summed E-state index contributed by atoms with van der Waals surface area (Å²) in [7, 11) is 0. The Balaban J connectivity index is 1.32. The molecule has 0 nitrogen and oxygen atoms in total. The highest BCUT2D eigenvalue weighted by Gasteiger charge is 2.39. The summed E-state index contributed by atoms with van der Waals surface area (Å²) in [6, 6.07) is 34.7. The lowest BCUT2D eigenvalue weighted by Crippen LogP contribution is -2.31. The van der Waals surface area contributed by atoms with Crippen LogP contribution in [-0.4, -0.2) is 6.18 Å². The first-order valence-electron chi connectivity index (χ1n) is 16.2. The lowest BCUT2D eigenvalue weighted by Gasteiger charge is -2.25. The lowest BCUT2D eigenvalue weighted by molar-refractivity contribution is -0.135. The van der Waals surface area contributed by atoms with E-state index in [1.165, 1.54) is 12.1 Å². The summed E-state index contributed by atoms with van der Waals surface area (Å²) in [6.07, 6.45) is -2.27. The Morgan fingerprint density at radius 2 is 1.42 bits per heavy atom. The molecule has 0 radical (unpaired) electrons. The molecule has 1 heterocycles. The predicted molar refractivity (Wildman–Crippen MR) is 189 cm³/mol. The molecular formula is C43H24F6S. The van der Waals surface area contributed by atoms with Gasteiger partial charge >= 0.3 is 12.4 Å². The average Bonchev–Trinajstić information content (AvgIpc) is 3.39. The second-order valence-corrected chi connectivity index (χ2v) is 13.8. The van der Waals surface area contributed by atoms with Crippen LogP contribution in [0.15, 0.2) is 103 Å². The van der Waals surface area contributed by atoms with E-state index in [2.05, 4.69) is 24.3 Å². The van der Waals surface area contributed by atoms with Crippen LogP contribution in [0.4, 0.5) is 26.3 Å². The Labute approximate surface area is 286 Å². The molecule has 0 fully saturated rings. The number of rotatable bonds is 2. The normalized spacial score (nSPS) is 17.2. The Morgan fingerprint density at radius 1 is 0.680 bits per heavy atom. The number of fused-ring (bicyclic) bond motifs is 7. The second-order valence-electron chi connectivity index (χ2n) is 12.8.